The summed E-state index contributed by atoms with van der Waals surface area (Å²) in [6.07, 6.45) is 15.2. The van der Waals surface area contributed by atoms with Gasteiger partial charge in [-0.1, -0.05) is 18.2 Å². The molecule has 5 rings (SSSR count). The van der Waals surface area contributed by atoms with Gasteiger partial charge in [0.05, 0.1) is 0 Å². The van der Waals surface area contributed by atoms with Gasteiger partial charge in [-0.25, -0.2) is 4.98 Å². The Morgan fingerprint density at radius 1 is 0.806 bits per heavy atom. The molecule has 1 fully saturated rings. The Labute approximate surface area is 182 Å². The molecule has 5 nitrogen and oxygen atoms in total. The van der Waals surface area contributed by atoms with Crippen molar-refractivity contribution in [3.8, 4) is 0 Å². The first-order valence-electron chi connectivity index (χ1n) is 10.8. The zero-order valence-electron chi connectivity index (χ0n) is 17.4. The van der Waals surface area contributed by atoms with Crippen molar-refractivity contribution in [2.75, 3.05) is 18.0 Å². The van der Waals surface area contributed by atoms with Crippen molar-refractivity contribution in [1.29, 1.82) is 0 Å². The van der Waals surface area contributed by atoms with Gasteiger partial charge >= 0.3 is 0 Å². The highest BCUT2D eigenvalue weighted by Gasteiger charge is 2.27. The Morgan fingerprint density at radius 2 is 1.52 bits per heavy atom. The lowest BCUT2D eigenvalue weighted by atomic mass is 9.87. The van der Waals surface area contributed by atoms with Crippen LogP contribution in [0.15, 0.2) is 91.9 Å². The molecule has 0 amide bonds. The van der Waals surface area contributed by atoms with E-state index in [4.69, 9.17) is 4.98 Å². The van der Waals surface area contributed by atoms with Gasteiger partial charge in [0.2, 0.25) is 0 Å². The van der Waals surface area contributed by atoms with Crippen LogP contribution >= 0.6 is 0 Å². The Bertz CT molecular complexity index is 1060. The fourth-order valence-corrected chi connectivity index (χ4v) is 4.55. The lowest BCUT2D eigenvalue weighted by Gasteiger charge is -2.24. The van der Waals surface area contributed by atoms with Crippen LogP contribution in [0.2, 0.25) is 0 Å². The van der Waals surface area contributed by atoms with E-state index in [1.54, 1.807) is 0 Å². The number of nitrogens with zero attached hydrogens (tertiary/aromatic N) is 5. The van der Waals surface area contributed by atoms with E-state index in [1.807, 2.05) is 61.6 Å². The fraction of sp³-hybridized carbons (Fsp3) is 0.231. The molecule has 0 radical (unpaired) electrons. The van der Waals surface area contributed by atoms with Gasteiger partial charge in [-0.15, -0.1) is 0 Å². The number of anilines is 1. The van der Waals surface area contributed by atoms with Crippen LogP contribution < -0.4 is 4.90 Å². The van der Waals surface area contributed by atoms with Crippen molar-refractivity contribution >= 4 is 5.82 Å². The normalized spacial score (nSPS) is 16.0. The highest BCUT2D eigenvalue weighted by atomic mass is 15.2. The summed E-state index contributed by atoms with van der Waals surface area (Å²) >= 11 is 0. The van der Waals surface area contributed by atoms with Crippen LogP contribution in [0.3, 0.4) is 0 Å². The molecule has 1 atom stereocenters. The molecule has 1 unspecified atom stereocenters. The smallest absolute Gasteiger partial charge is 0.131 e. The summed E-state index contributed by atoms with van der Waals surface area (Å²) in [5, 5.41) is 0. The number of pyridine rings is 4. The molecule has 1 saturated heterocycles. The lowest BCUT2D eigenvalue weighted by molar-refractivity contribution is 0.766. The van der Waals surface area contributed by atoms with E-state index in [0.29, 0.717) is 5.92 Å². The zero-order valence-corrected chi connectivity index (χ0v) is 17.4. The third kappa shape index (κ3) is 4.31. The summed E-state index contributed by atoms with van der Waals surface area (Å²) in [4.78, 5) is 20.1. The minimum Gasteiger partial charge on any atom is -0.356 e. The van der Waals surface area contributed by atoms with E-state index in [0.717, 1.165) is 31.7 Å². The number of hydrogen-bond donors (Lipinski definition) is 0. The Balaban J connectivity index is 1.43. The predicted octanol–water partition coefficient (Wildman–Crippen LogP) is 4.64. The molecule has 5 heteroatoms. The molecular weight excluding hydrogens is 382 g/mol. The van der Waals surface area contributed by atoms with E-state index in [2.05, 4.69) is 50.2 Å². The first-order valence-corrected chi connectivity index (χ1v) is 10.8. The zero-order chi connectivity index (χ0) is 20.9. The highest BCUT2D eigenvalue weighted by molar-refractivity contribution is 5.50. The van der Waals surface area contributed by atoms with Gasteiger partial charge in [0.15, 0.2) is 0 Å². The minimum atomic E-state index is 0.184. The van der Waals surface area contributed by atoms with Crippen molar-refractivity contribution < 1.29 is 0 Å². The molecular formula is C26H25N5. The van der Waals surface area contributed by atoms with Crippen molar-refractivity contribution in [1.82, 2.24) is 19.9 Å². The van der Waals surface area contributed by atoms with Gasteiger partial charge in [-0.2, -0.15) is 0 Å². The van der Waals surface area contributed by atoms with Crippen LogP contribution in [0.5, 0.6) is 0 Å². The standard InChI is InChI=1S/C26H25N5/c1-5-22(17-28-10-1)25(23-6-2-11-29-18-23)16-21-4-3-12-30-26(21)31-15-9-24(19-31)20-7-13-27-14-8-20/h1-8,10-14,17-18,24-25H,9,15-16,19H2. The molecule has 0 N–H and O–H groups in total. The van der Waals surface area contributed by atoms with Crippen LogP contribution in [0, 0.1) is 0 Å². The summed E-state index contributed by atoms with van der Waals surface area (Å²) in [5.74, 6) is 1.80. The maximum atomic E-state index is 4.81. The van der Waals surface area contributed by atoms with E-state index in [-0.39, 0.29) is 5.92 Å². The second kappa shape index (κ2) is 9.04. The molecule has 5 heterocycles. The molecule has 1 aliphatic heterocycles. The molecule has 0 bridgehead atoms. The SMILES string of the molecule is c1cncc(C(Cc2cccnc2N2CCC(c3ccncc3)C2)c2cccnc2)c1. The van der Waals surface area contributed by atoms with Gasteiger partial charge < -0.3 is 4.90 Å². The predicted molar refractivity (Wildman–Crippen MR) is 122 cm³/mol. The average molecular weight is 408 g/mol. The number of rotatable bonds is 6. The number of hydrogen-bond acceptors (Lipinski definition) is 5. The summed E-state index contributed by atoms with van der Waals surface area (Å²) in [7, 11) is 0. The van der Waals surface area contributed by atoms with Crippen molar-refractivity contribution in [3.63, 3.8) is 0 Å². The molecule has 1 aliphatic rings. The third-order valence-corrected chi connectivity index (χ3v) is 6.13. The molecule has 4 aromatic rings. The lowest BCUT2D eigenvalue weighted by Crippen LogP contribution is -2.22. The molecule has 0 aliphatic carbocycles. The maximum absolute atomic E-state index is 4.81. The maximum Gasteiger partial charge on any atom is 0.131 e. The summed E-state index contributed by atoms with van der Waals surface area (Å²) in [6.45, 7) is 2.00. The van der Waals surface area contributed by atoms with Crippen LogP contribution in [0.1, 0.15) is 40.5 Å². The summed E-state index contributed by atoms with van der Waals surface area (Å²) in [6, 6.07) is 16.8. The van der Waals surface area contributed by atoms with E-state index in [9.17, 15) is 0 Å². The molecule has 31 heavy (non-hydrogen) atoms. The minimum absolute atomic E-state index is 0.184. The van der Waals surface area contributed by atoms with Crippen molar-refractivity contribution in [2.45, 2.75) is 24.7 Å². The second-order valence-corrected chi connectivity index (χ2v) is 8.03. The third-order valence-electron chi connectivity index (χ3n) is 6.13. The van der Waals surface area contributed by atoms with Crippen LogP contribution in [-0.4, -0.2) is 33.0 Å². The molecule has 0 aromatic carbocycles. The molecule has 154 valence electrons. The van der Waals surface area contributed by atoms with Gasteiger partial charge in [0.1, 0.15) is 5.82 Å². The van der Waals surface area contributed by atoms with E-state index >= 15 is 0 Å². The fourth-order valence-electron chi connectivity index (χ4n) is 4.55. The largest absolute Gasteiger partial charge is 0.356 e. The molecule has 0 spiro atoms. The van der Waals surface area contributed by atoms with Gasteiger partial charge in [-0.05, 0) is 65.4 Å². The monoisotopic (exact) mass is 407 g/mol. The van der Waals surface area contributed by atoms with Crippen molar-refractivity contribution in [3.05, 3.63) is 114 Å². The quantitative estimate of drug-likeness (QED) is 0.466. The van der Waals surface area contributed by atoms with Crippen LogP contribution in [-0.2, 0) is 6.42 Å². The van der Waals surface area contributed by atoms with Gasteiger partial charge in [-0.3, -0.25) is 15.0 Å². The molecule has 4 aromatic heterocycles. The highest BCUT2D eigenvalue weighted by Crippen LogP contribution is 2.34. The van der Waals surface area contributed by atoms with E-state index < -0.39 is 0 Å². The topological polar surface area (TPSA) is 54.8 Å². The summed E-state index contributed by atoms with van der Waals surface area (Å²) in [5.41, 5.74) is 5.01. The van der Waals surface area contributed by atoms with E-state index in [1.165, 1.54) is 22.3 Å². The van der Waals surface area contributed by atoms with Crippen LogP contribution in [0.4, 0.5) is 5.82 Å². The first kappa shape index (κ1) is 19.4. The van der Waals surface area contributed by atoms with Gasteiger partial charge in [0.25, 0.3) is 0 Å². The van der Waals surface area contributed by atoms with Crippen LogP contribution in [0.25, 0.3) is 0 Å². The number of aromatic nitrogens is 4. The average Bonchev–Trinajstić information content (AvgIpc) is 3.35. The summed E-state index contributed by atoms with van der Waals surface area (Å²) < 4.78 is 0. The molecule has 0 saturated carbocycles. The Morgan fingerprint density at radius 3 is 2.19 bits per heavy atom. The Hall–Kier alpha value is -3.60. The first-order chi connectivity index (χ1) is 15.4. The Kier molecular flexibility index (Phi) is 5.65. The van der Waals surface area contributed by atoms with Crippen molar-refractivity contribution in [2.24, 2.45) is 0 Å². The second-order valence-electron chi connectivity index (χ2n) is 8.03. The van der Waals surface area contributed by atoms with Gasteiger partial charge in [0, 0.05) is 68.3 Å².